The van der Waals surface area contributed by atoms with Crippen molar-refractivity contribution in [2.75, 3.05) is 13.2 Å². The van der Waals surface area contributed by atoms with Crippen molar-refractivity contribution in [2.24, 2.45) is 0 Å². The monoisotopic (exact) mass is 301 g/mol. The van der Waals surface area contributed by atoms with E-state index >= 15 is 0 Å². The predicted molar refractivity (Wildman–Crippen MR) is 83.4 cm³/mol. The molecule has 0 heterocycles. The van der Waals surface area contributed by atoms with Gasteiger partial charge in [0.05, 0.1) is 11.6 Å². The Morgan fingerprint density at radius 3 is 2.74 bits per heavy atom. The summed E-state index contributed by atoms with van der Waals surface area (Å²) in [5.74, 6) is 0.718. The number of ether oxygens (including phenoxy) is 1. The fourth-order valence-corrected chi connectivity index (χ4v) is 2.22. The highest BCUT2D eigenvalue weighted by atomic mass is 35.5. The lowest BCUT2D eigenvalue weighted by Gasteiger charge is -2.14. The minimum absolute atomic E-state index is 0.558. The van der Waals surface area contributed by atoms with E-state index in [0.29, 0.717) is 23.2 Å². The van der Waals surface area contributed by atoms with Crippen molar-refractivity contribution in [1.29, 1.82) is 0 Å². The maximum atomic E-state index is 6.20. The molecule has 2 nitrogen and oxygen atoms in total. The van der Waals surface area contributed by atoms with Gasteiger partial charge in [0.1, 0.15) is 5.75 Å². The molecule has 1 aromatic carbocycles. The fourth-order valence-electron chi connectivity index (χ4n) is 1.63. The number of nitrogens with one attached hydrogen (secondary N) is 1. The molecule has 106 valence electrons. The molecule has 0 atom stereocenters. The summed E-state index contributed by atoms with van der Waals surface area (Å²) in [5.41, 5.74) is 2.09. The first kappa shape index (κ1) is 16.4. The van der Waals surface area contributed by atoms with Crippen LogP contribution in [0.25, 0.3) is 0 Å². The van der Waals surface area contributed by atoms with Gasteiger partial charge < -0.3 is 10.1 Å². The van der Waals surface area contributed by atoms with E-state index in [0.717, 1.165) is 36.3 Å². The van der Waals surface area contributed by atoms with Crippen molar-refractivity contribution in [3.8, 4) is 5.75 Å². The number of halogens is 2. The molecular formula is C15H21Cl2NO. The van der Waals surface area contributed by atoms with Crippen LogP contribution in [0.1, 0.15) is 32.3 Å². The Hall–Kier alpha value is -0.700. The van der Waals surface area contributed by atoms with Gasteiger partial charge in [-0.2, -0.15) is 0 Å². The molecular weight excluding hydrogens is 281 g/mol. The quantitative estimate of drug-likeness (QED) is 0.548. The third-order valence-electron chi connectivity index (χ3n) is 2.60. The molecule has 0 aliphatic rings. The van der Waals surface area contributed by atoms with Gasteiger partial charge in [-0.25, -0.2) is 0 Å². The van der Waals surface area contributed by atoms with Crippen LogP contribution >= 0.6 is 23.2 Å². The summed E-state index contributed by atoms with van der Waals surface area (Å²) in [6, 6.07) is 3.61. The summed E-state index contributed by atoms with van der Waals surface area (Å²) < 4.78 is 5.77. The molecule has 0 saturated heterocycles. The molecule has 0 spiro atoms. The van der Waals surface area contributed by atoms with Crippen LogP contribution in [0, 0.1) is 0 Å². The minimum atomic E-state index is 0.558. The average molecular weight is 302 g/mol. The first-order valence-electron chi connectivity index (χ1n) is 6.50. The van der Waals surface area contributed by atoms with Crippen LogP contribution in [0.5, 0.6) is 5.75 Å². The molecule has 0 radical (unpaired) electrons. The minimum Gasteiger partial charge on any atom is -0.491 e. The van der Waals surface area contributed by atoms with Gasteiger partial charge in [0, 0.05) is 23.6 Å². The van der Waals surface area contributed by atoms with Crippen LogP contribution in [-0.2, 0) is 6.54 Å². The van der Waals surface area contributed by atoms with Gasteiger partial charge in [0.2, 0.25) is 0 Å². The Morgan fingerprint density at radius 2 is 2.11 bits per heavy atom. The largest absolute Gasteiger partial charge is 0.491 e. The highest BCUT2D eigenvalue weighted by Crippen LogP contribution is 2.32. The maximum Gasteiger partial charge on any atom is 0.142 e. The Kier molecular flexibility index (Phi) is 7.29. The first-order valence-corrected chi connectivity index (χ1v) is 7.26. The molecule has 0 saturated carbocycles. The summed E-state index contributed by atoms with van der Waals surface area (Å²) in [6.45, 7) is 10.2. The zero-order valence-electron chi connectivity index (χ0n) is 11.6. The Morgan fingerprint density at radius 1 is 1.37 bits per heavy atom. The number of benzene rings is 1. The number of hydrogen-bond acceptors (Lipinski definition) is 2. The molecule has 0 amide bonds. The van der Waals surface area contributed by atoms with E-state index in [4.69, 9.17) is 27.9 Å². The van der Waals surface area contributed by atoms with Crippen molar-refractivity contribution < 1.29 is 4.74 Å². The van der Waals surface area contributed by atoms with E-state index in [-0.39, 0.29) is 0 Å². The van der Waals surface area contributed by atoms with Gasteiger partial charge in [0.25, 0.3) is 0 Å². The van der Waals surface area contributed by atoms with Crippen molar-refractivity contribution in [3.63, 3.8) is 0 Å². The Balaban J connectivity index is 2.77. The van der Waals surface area contributed by atoms with Gasteiger partial charge >= 0.3 is 0 Å². The van der Waals surface area contributed by atoms with Crippen LogP contribution in [0.15, 0.2) is 24.3 Å². The second-order valence-electron chi connectivity index (χ2n) is 4.61. The van der Waals surface area contributed by atoms with Crippen molar-refractivity contribution in [2.45, 2.75) is 33.2 Å². The highest BCUT2D eigenvalue weighted by molar-refractivity contribution is 6.35. The van der Waals surface area contributed by atoms with Crippen LogP contribution in [-0.4, -0.2) is 13.2 Å². The molecule has 0 aliphatic heterocycles. The molecule has 1 N–H and O–H groups in total. The second kappa shape index (κ2) is 8.47. The Labute approximate surface area is 125 Å². The summed E-state index contributed by atoms with van der Waals surface area (Å²) in [7, 11) is 0. The molecule has 0 aromatic heterocycles. The standard InChI is InChI=1S/C15H21Cl2NO/c1-4-6-18-10-12-8-13(16)9-14(17)15(12)19-7-5-11(2)3/h8-9,18H,2,4-7,10H2,1,3H3. The third-order valence-corrected chi connectivity index (χ3v) is 3.10. The molecule has 0 aliphatic carbocycles. The SMILES string of the molecule is C=C(C)CCOc1c(Cl)cc(Cl)cc1CNCCC. The van der Waals surface area contributed by atoms with E-state index in [1.807, 2.05) is 13.0 Å². The topological polar surface area (TPSA) is 21.3 Å². The van der Waals surface area contributed by atoms with Crippen molar-refractivity contribution in [1.82, 2.24) is 5.32 Å². The summed E-state index contributed by atoms with van der Waals surface area (Å²) in [4.78, 5) is 0. The van der Waals surface area contributed by atoms with Crippen molar-refractivity contribution in [3.05, 3.63) is 39.9 Å². The molecule has 4 heteroatoms. The maximum absolute atomic E-state index is 6.20. The van der Waals surface area contributed by atoms with Crippen LogP contribution in [0.2, 0.25) is 10.0 Å². The van der Waals surface area contributed by atoms with E-state index < -0.39 is 0 Å². The van der Waals surface area contributed by atoms with Gasteiger partial charge in [-0.15, -0.1) is 6.58 Å². The van der Waals surface area contributed by atoms with Crippen LogP contribution < -0.4 is 10.1 Å². The summed E-state index contributed by atoms with van der Waals surface area (Å²) in [5, 5.41) is 4.52. The fraction of sp³-hybridized carbons (Fsp3) is 0.467. The molecule has 1 aromatic rings. The lowest BCUT2D eigenvalue weighted by molar-refractivity contribution is 0.317. The summed E-state index contributed by atoms with van der Waals surface area (Å²) in [6.07, 6.45) is 1.90. The lowest BCUT2D eigenvalue weighted by atomic mass is 10.2. The number of hydrogen-bond donors (Lipinski definition) is 1. The van der Waals surface area contributed by atoms with E-state index in [1.54, 1.807) is 6.07 Å². The van der Waals surface area contributed by atoms with Crippen LogP contribution in [0.4, 0.5) is 0 Å². The summed E-state index contributed by atoms with van der Waals surface area (Å²) >= 11 is 12.2. The highest BCUT2D eigenvalue weighted by Gasteiger charge is 2.10. The normalized spacial score (nSPS) is 10.5. The zero-order valence-corrected chi connectivity index (χ0v) is 13.1. The van der Waals surface area contributed by atoms with Gasteiger partial charge in [0.15, 0.2) is 0 Å². The second-order valence-corrected chi connectivity index (χ2v) is 5.45. The lowest BCUT2D eigenvalue weighted by Crippen LogP contribution is -2.15. The zero-order chi connectivity index (χ0) is 14.3. The van der Waals surface area contributed by atoms with E-state index in [2.05, 4.69) is 18.8 Å². The molecule has 19 heavy (non-hydrogen) atoms. The smallest absolute Gasteiger partial charge is 0.142 e. The van der Waals surface area contributed by atoms with E-state index in [1.165, 1.54) is 0 Å². The molecule has 0 unspecified atom stereocenters. The first-order chi connectivity index (χ1) is 9.04. The van der Waals surface area contributed by atoms with E-state index in [9.17, 15) is 0 Å². The van der Waals surface area contributed by atoms with Gasteiger partial charge in [-0.1, -0.05) is 35.7 Å². The third kappa shape index (κ3) is 5.85. The Bertz CT molecular complexity index is 432. The predicted octanol–water partition coefficient (Wildman–Crippen LogP) is 4.84. The molecule has 1 rings (SSSR count). The number of rotatable bonds is 8. The van der Waals surface area contributed by atoms with Crippen LogP contribution in [0.3, 0.4) is 0 Å². The average Bonchev–Trinajstić information content (AvgIpc) is 2.32. The van der Waals surface area contributed by atoms with Gasteiger partial charge in [-0.05, 0) is 32.0 Å². The van der Waals surface area contributed by atoms with Crippen molar-refractivity contribution >= 4 is 23.2 Å². The van der Waals surface area contributed by atoms with Gasteiger partial charge in [-0.3, -0.25) is 0 Å². The molecule has 0 bridgehead atoms. The molecule has 0 fully saturated rings.